The topological polar surface area (TPSA) is 52.3 Å². The molecule has 0 unspecified atom stereocenters. The summed E-state index contributed by atoms with van der Waals surface area (Å²) in [6, 6.07) is 7.35. The van der Waals surface area contributed by atoms with Crippen molar-refractivity contribution in [3.8, 4) is 0 Å². The number of amides is 1. The van der Waals surface area contributed by atoms with E-state index >= 15 is 0 Å². The fourth-order valence-corrected chi connectivity index (χ4v) is 7.00. The van der Waals surface area contributed by atoms with Gasteiger partial charge in [0.1, 0.15) is 5.60 Å². The van der Waals surface area contributed by atoms with Gasteiger partial charge >= 0.3 is 18.4 Å². The summed E-state index contributed by atoms with van der Waals surface area (Å²) in [4.78, 5) is 11.9. The lowest BCUT2D eigenvalue weighted by atomic mass is 9.63. The minimum Gasteiger partial charge on any atom is -0.443 e. The lowest BCUT2D eigenvalue weighted by Crippen LogP contribution is -2.50. The van der Waals surface area contributed by atoms with Gasteiger partial charge in [-0.15, -0.1) is 0 Å². The summed E-state index contributed by atoms with van der Waals surface area (Å²) in [7, 11) is 0. The van der Waals surface area contributed by atoms with E-state index < -0.39 is 51.9 Å². The maximum atomic E-state index is 13.7. The van der Waals surface area contributed by atoms with Crippen molar-refractivity contribution >= 4 is 38.0 Å². The minimum atomic E-state index is -4.59. The van der Waals surface area contributed by atoms with Crippen LogP contribution in [-0.2, 0) is 27.9 Å². The molecule has 2 aliphatic rings. The van der Waals surface area contributed by atoms with Gasteiger partial charge in [0.2, 0.25) is 0 Å². The Hall–Kier alpha value is -1.75. The van der Waals surface area contributed by atoms with Crippen molar-refractivity contribution < 1.29 is 35.9 Å². The first kappa shape index (κ1) is 27.3. The SMILES string of the molecule is CC(C)(OC(N)=O)C(C1(c2cc(Br)cc(C(F)(F)F)c2)CC1)C1(c2cc(Br)cc(C(F)(F)F)c2)CC1. The molecule has 0 heterocycles. The number of carbonyl (C=O) groups excluding carboxylic acids is 1. The molecule has 2 N–H and O–H groups in total. The van der Waals surface area contributed by atoms with Gasteiger partial charge in [0.25, 0.3) is 0 Å². The summed E-state index contributed by atoms with van der Waals surface area (Å²) in [5, 5.41) is 0. The minimum absolute atomic E-state index is 0.234. The quantitative estimate of drug-likeness (QED) is 0.321. The Labute approximate surface area is 221 Å². The van der Waals surface area contributed by atoms with Gasteiger partial charge in [0.15, 0.2) is 0 Å². The first-order valence-corrected chi connectivity index (χ1v) is 12.7. The monoisotopic (exact) mass is 641 g/mol. The number of rotatable bonds is 6. The maximum absolute atomic E-state index is 13.7. The molecule has 2 saturated carbocycles. The number of benzene rings is 2. The molecule has 0 radical (unpaired) electrons. The molecule has 4 rings (SSSR count). The zero-order valence-electron chi connectivity index (χ0n) is 19.3. The van der Waals surface area contributed by atoms with Crippen LogP contribution in [-0.4, -0.2) is 11.7 Å². The van der Waals surface area contributed by atoms with Crippen molar-refractivity contribution in [2.45, 2.75) is 68.3 Å². The lowest BCUT2D eigenvalue weighted by Gasteiger charge is -2.45. The van der Waals surface area contributed by atoms with E-state index in [1.165, 1.54) is 0 Å². The van der Waals surface area contributed by atoms with Gasteiger partial charge in [-0.3, -0.25) is 0 Å². The molecule has 3 nitrogen and oxygen atoms in total. The van der Waals surface area contributed by atoms with E-state index in [-0.39, 0.29) is 8.95 Å². The summed E-state index contributed by atoms with van der Waals surface area (Å²) in [5.74, 6) is -0.643. The Morgan fingerprint density at radius 1 is 0.806 bits per heavy atom. The average Bonchev–Trinajstić information content (AvgIpc) is 3.62. The van der Waals surface area contributed by atoms with Crippen molar-refractivity contribution in [3.63, 3.8) is 0 Å². The van der Waals surface area contributed by atoms with Gasteiger partial charge < -0.3 is 10.5 Å². The van der Waals surface area contributed by atoms with Crippen LogP contribution in [0.3, 0.4) is 0 Å². The number of hydrogen-bond acceptors (Lipinski definition) is 2. The molecule has 2 aromatic carbocycles. The average molecular weight is 643 g/mol. The van der Waals surface area contributed by atoms with Crippen LogP contribution in [0.15, 0.2) is 45.3 Å². The van der Waals surface area contributed by atoms with Crippen LogP contribution in [0, 0.1) is 5.92 Å². The number of carbonyl (C=O) groups is 1. The second-order valence-corrected chi connectivity index (χ2v) is 12.1. The predicted molar refractivity (Wildman–Crippen MR) is 128 cm³/mol. The molecule has 2 aromatic rings. The van der Waals surface area contributed by atoms with E-state index in [1.54, 1.807) is 26.0 Å². The molecule has 2 aliphatic carbocycles. The summed E-state index contributed by atoms with van der Waals surface area (Å²) in [6.45, 7) is 3.24. The van der Waals surface area contributed by atoms with Crippen LogP contribution >= 0.6 is 31.9 Å². The van der Waals surface area contributed by atoms with E-state index in [0.717, 1.165) is 24.3 Å². The fourth-order valence-electron chi connectivity index (χ4n) is 6.02. The van der Waals surface area contributed by atoms with E-state index in [4.69, 9.17) is 10.5 Å². The third-order valence-corrected chi connectivity index (χ3v) is 8.26. The molecule has 1 amide bonds. The van der Waals surface area contributed by atoms with E-state index in [0.29, 0.717) is 36.8 Å². The number of halogens is 8. The Bertz CT molecular complexity index is 1120. The fraction of sp³-hybridized carbons (Fsp3) is 0.480. The van der Waals surface area contributed by atoms with Crippen LogP contribution in [0.4, 0.5) is 31.1 Å². The van der Waals surface area contributed by atoms with Gasteiger partial charge in [-0.2, -0.15) is 26.3 Å². The Balaban J connectivity index is 1.92. The Morgan fingerprint density at radius 3 is 1.44 bits per heavy atom. The van der Waals surface area contributed by atoms with Gasteiger partial charge in [0, 0.05) is 25.7 Å². The molecule has 0 atom stereocenters. The van der Waals surface area contributed by atoms with E-state index in [2.05, 4.69) is 31.9 Å². The molecule has 2 fully saturated rings. The Morgan fingerprint density at radius 2 is 1.17 bits per heavy atom. The number of hydrogen-bond donors (Lipinski definition) is 1. The largest absolute Gasteiger partial charge is 0.443 e. The summed E-state index contributed by atoms with van der Waals surface area (Å²) >= 11 is 6.36. The van der Waals surface area contributed by atoms with E-state index in [9.17, 15) is 31.1 Å². The summed E-state index contributed by atoms with van der Waals surface area (Å²) < 4.78 is 87.9. The van der Waals surface area contributed by atoms with Gasteiger partial charge in [-0.1, -0.05) is 31.9 Å². The highest BCUT2D eigenvalue weighted by Gasteiger charge is 2.68. The van der Waals surface area contributed by atoms with Crippen molar-refractivity contribution in [1.82, 2.24) is 0 Å². The first-order valence-electron chi connectivity index (χ1n) is 11.2. The van der Waals surface area contributed by atoms with Gasteiger partial charge in [0.05, 0.1) is 11.1 Å². The van der Waals surface area contributed by atoms with E-state index in [1.807, 2.05) is 0 Å². The highest BCUT2D eigenvalue weighted by molar-refractivity contribution is 9.10. The number of nitrogens with two attached hydrogens (primary N) is 1. The molecule has 0 bridgehead atoms. The predicted octanol–water partition coefficient (Wildman–Crippen LogP) is 8.50. The molecule has 11 heteroatoms. The third kappa shape index (κ3) is 5.01. The molecule has 0 saturated heterocycles. The molecule has 196 valence electrons. The molecule has 36 heavy (non-hydrogen) atoms. The number of ether oxygens (including phenoxy) is 1. The van der Waals surface area contributed by atoms with Crippen molar-refractivity contribution in [1.29, 1.82) is 0 Å². The highest BCUT2D eigenvalue weighted by atomic mass is 79.9. The first-order chi connectivity index (χ1) is 16.4. The molecule has 0 aromatic heterocycles. The maximum Gasteiger partial charge on any atom is 0.416 e. The van der Waals surface area contributed by atoms with Gasteiger partial charge in [-0.25, -0.2) is 4.79 Å². The molecule has 0 aliphatic heterocycles. The zero-order valence-corrected chi connectivity index (χ0v) is 22.5. The van der Waals surface area contributed by atoms with Gasteiger partial charge in [-0.05, 0) is 87.1 Å². The molecular weight excluding hydrogens is 620 g/mol. The van der Waals surface area contributed by atoms with Crippen LogP contribution in [0.25, 0.3) is 0 Å². The standard InChI is InChI=1S/C25H23Br2F6NO2/c1-21(2,36-20(34)35)19(22(3-4-22)13-7-15(24(28,29)30)11-17(26)9-13)23(5-6-23)14-8-16(25(31,32)33)12-18(27)10-14/h7-12,19H,3-6H2,1-2H3,(H2,34,35). The smallest absolute Gasteiger partial charge is 0.416 e. The highest BCUT2D eigenvalue weighted by Crippen LogP contribution is 2.70. The summed E-state index contributed by atoms with van der Waals surface area (Å²) in [5.41, 5.74) is 1.46. The Kier molecular flexibility index (Phi) is 6.55. The van der Waals surface area contributed by atoms with Crippen molar-refractivity contribution in [2.75, 3.05) is 0 Å². The molecular formula is C25H23Br2F6NO2. The molecule has 0 spiro atoms. The lowest BCUT2D eigenvalue weighted by molar-refractivity contribution is -0.138. The van der Waals surface area contributed by atoms with Crippen LogP contribution < -0.4 is 5.73 Å². The second-order valence-electron chi connectivity index (χ2n) is 10.2. The number of primary amides is 1. The number of alkyl halides is 6. The normalized spacial score (nSPS) is 18.8. The summed E-state index contributed by atoms with van der Waals surface area (Å²) in [6.07, 6.45) is -8.30. The third-order valence-electron chi connectivity index (χ3n) is 7.34. The van der Waals surface area contributed by atoms with Crippen LogP contribution in [0.5, 0.6) is 0 Å². The van der Waals surface area contributed by atoms with Crippen LogP contribution in [0.2, 0.25) is 0 Å². The van der Waals surface area contributed by atoms with Crippen LogP contribution in [0.1, 0.15) is 61.8 Å². The zero-order chi connectivity index (χ0) is 26.9. The van der Waals surface area contributed by atoms with Crippen molar-refractivity contribution in [3.05, 3.63) is 67.6 Å². The van der Waals surface area contributed by atoms with Crippen molar-refractivity contribution in [2.24, 2.45) is 11.7 Å². The second kappa shape index (κ2) is 8.64.